The van der Waals surface area contributed by atoms with Crippen LogP contribution < -0.4 is 20.0 Å². The Labute approximate surface area is 143 Å². The number of quaternary nitrogens is 2. The predicted octanol–water partition coefficient (Wildman–Crippen LogP) is -1.45. The van der Waals surface area contributed by atoms with Crippen LogP contribution in [0.5, 0.6) is 0 Å². The molecule has 0 aliphatic carbocycles. The fourth-order valence-electron chi connectivity index (χ4n) is 3.65. The highest BCUT2D eigenvalue weighted by Gasteiger charge is 2.46. The van der Waals surface area contributed by atoms with Gasteiger partial charge in [-0.1, -0.05) is 12.1 Å². The van der Waals surface area contributed by atoms with E-state index in [-0.39, 0.29) is 17.9 Å². The number of nitrogens with zero attached hydrogens (tertiary/aromatic N) is 1. The van der Waals surface area contributed by atoms with Crippen LogP contribution in [0.15, 0.2) is 24.3 Å². The summed E-state index contributed by atoms with van der Waals surface area (Å²) in [6.45, 7) is 9.74. The van der Waals surface area contributed by atoms with Crippen LogP contribution in [0.25, 0.3) is 0 Å². The molecule has 1 fully saturated rings. The van der Waals surface area contributed by atoms with E-state index < -0.39 is 5.54 Å². The van der Waals surface area contributed by atoms with Gasteiger partial charge in [-0.3, -0.25) is 14.5 Å². The fraction of sp³-hybridized carbons (Fsp3) is 0.556. The third-order valence-corrected chi connectivity index (χ3v) is 5.46. The number of hydrogen-bond donors (Lipinski definition) is 3. The van der Waals surface area contributed by atoms with Crippen LogP contribution in [0, 0.1) is 0 Å². The van der Waals surface area contributed by atoms with Crippen LogP contribution in [0.1, 0.15) is 20.8 Å². The number of fused-ring (bicyclic) bond motifs is 1. The van der Waals surface area contributed by atoms with Crippen molar-refractivity contribution in [3.8, 4) is 0 Å². The number of benzene rings is 1. The first-order chi connectivity index (χ1) is 11.3. The van der Waals surface area contributed by atoms with Crippen LogP contribution in [0.4, 0.5) is 11.4 Å². The molecule has 3 rings (SSSR count). The Kier molecular flexibility index (Phi) is 4.36. The maximum absolute atomic E-state index is 13.3. The zero-order chi connectivity index (χ0) is 17.5. The average molecular weight is 332 g/mol. The maximum atomic E-state index is 13.3. The maximum Gasteiger partial charge on any atom is 0.285 e. The lowest BCUT2D eigenvalue weighted by Gasteiger charge is -2.43. The van der Waals surface area contributed by atoms with Crippen LogP contribution in [-0.4, -0.2) is 56.6 Å². The zero-order valence-electron chi connectivity index (χ0n) is 15.0. The van der Waals surface area contributed by atoms with Gasteiger partial charge in [-0.15, -0.1) is 0 Å². The number of amides is 2. The van der Waals surface area contributed by atoms with Crippen molar-refractivity contribution < 1.29 is 19.4 Å². The van der Waals surface area contributed by atoms with Gasteiger partial charge in [-0.05, 0) is 32.9 Å². The summed E-state index contributed by atoms with van der Waals surface area (Å²) >= 11 is 0. The number of piperazine rings is 1. The first-order valence-electron chi connectivity index (χ1n) is 8.73. The summed E-state index contributed by atoms with van der Waals surface area (Å²) < 4.78 is 0. The van der Waals surface area contributed by atoms with Gasteiger partial charge in [-0.25, -0.2) is 0 Å². The van der Waals surface area contributed by atoms with Crippen molar-refractivity contribution in [1.82, 2.24) is 0 Å². The Balaban J connectivity index is 1.91. The third-order valence-electron chi connectivity index (χ3n) is 5.46. The highest BCUT2D eigenvalue weighted by atomic mass is 16.2. The van der Waals surface area contributed by atoms with Crippen LogP contribution in [-0.2, 0) is 9.59 Å². The highest BCUT2D eigenvalue weighted by molar-refractivity contribution is 6.14. The van der Waals surface area contributed by atoms with Crippen LogP contribution in [0.2, 0.25) is 0 Å². The van der Waals surface area contributed by atoms with E-state index >= 15 is 0 Å². The lowest BCUT2D eigenvalue weighted by molar-refractivity contribution is -1.01. The Hall–Kier alpha value is -1.92. The first kappa shape index (κ1) is 16.9. The number of hydrogen-bond acceptors (Lipinski definition) is 2. The monoisotopic (exact) mass is 332 g/mol. The summed E-state index contributed by atoms with van der Waals surface area (Å²) in [4.78, 5) is 30.4. The molecule has 0 spiro atoms. The number of rotatable bonds is 2. The second-order valence-electron chi connectivity index (χ2n) is 7.54. The van der Waals surface area contributed by atoms with E-state index in [4.69, 9.17) is 0 Å². The fourth-order valence-corrected chi connectivity index (χ4v) is 3.65. The number of likely N-dealkylation sites (N-methyl/N-ethyl adjacent to an activating group) is 1. The summed E-state index contributed by atoms with van der Waals surface area (Å²) in [5.74, 6) is -0.114. The van der Waals surface area contributed by atoms with Gasteiger partial charge in [0.25, 0.3) is 5.91 Å². The molecule has 0 saturated carbocycles. The Morgan fingerprint density at radius 2 is 1.83 bits per heavy atom. The topological polar surface area (TPSA) is 58.3 Å². The standard InChI is InChI=1S/C18H26N4O2/c1-13(21-11-9-20(4)10-12-21)16(23)22-15-8-6-5-7-14(15)19-17(24)18(22,2)3/h5-8,13H,9-12H2,1-4H3,(H,19,24)/p+2/t13-/m1/s1. The van der Waals surface area contributed by atoms with Gasteiger partial charge < -0.3 is 15.1 Å². The van der Waals surface area contributed by atoms with Crippen molar-refractivity contribution >= 4 is 23.2 Å². The van der Waals surface area contributed by atoms with Crippen molar-refractivity contribution in [3.63, 3.8) is 0 Å². The molecule has 6 heteroatoms. The number of carbonyl (C=O) groups excluding carboxylic acids is 2. The summed E-state index contributed by atoms with van der Waals surface area (Å²) in [5.41, 5.74) is 0.607. The lowest BCUT2D eigenvalue weighted by atomic mass is 9.95. The second-order valence-corrected chi connectivity index (χ2v) is 7.54. The van der Waals surface area contributed by atoms with Gasteiger partial charge >= 0.3 is 0 Å². The summed E-state index contributed by atoms with van der Waals surface area (Å²) in [6.07, 6.45) is 0. The molecule has 0 bridgehead atoms. The Morgan fingerprint density at radius 1 is 1.21 bits per heavy atom. The molecule has 3 N–H and O–H groups in total. The van der Waals surface area contributed by atoms with Gasteiger partial charge in [0, 0.05) is 0 Å². The van der Waals surface area contributed by atoms with E-state index in [9.17, 15) is 9.59 Å². The lowest BCUT2D eigenvalue weighted by Crippen LogP contribution is -3.29. The van der Waals surface area contributed by atoms with E-state index in [1.165, 1.54) is 9.80 Å². The molecule has 6 nitrogen and oxygen atoms in total. The molecule has 0 radical (unpaired) electrons. The molecule has 24 heavy (non-hydrogen) atoms. The molecule has 0 aromatic heterocycles. The molecular weight excluding hydrogens is 304 g/mol. The molecule has 130 valence electrons. The van der Waals surface area contributed by atoms with E-state index in [2.05, 4.69) is 12.4 Å². The molecular formula is C18H28N4O2+2. The third kappa shape index (κ3) is 2.80. The van der Waals surface area contributed by atoms with Gasteiger partial charge in [0.2, 0.25) is 5.91 Å². The zero-order valence-corrected chi connectivity index (χ0v) is 15.0. The van der Waals surface area contributed by atoms with Gasteiger partial charge in [-0.2, -0.15) is 0 Å². The number of anilines is 2. The van der Waals surface area contributed by atoms with Gasteiger partial charge in [0.1, 0.15) is 31.7 Å². The normalized spacial score (nSPS) is 27.2. The van der Waals surface area contributed by atoms with Crippen molar-refractivity contribution in [1.29, 1.82) is 0 Å². The average Bonchev–Trinajstić information content (AvgIpc) is 2.55. The quantitative estimate of drug-likeness (QED) is 0.621. The van der Waals surface area contributed by atoms with Crippen molar-refractivity contribution in [2.24, 2.45) is 0 Å². The van der Waals surface area contributed by atoms with E-state index in [1.807, 2.05) is 45.0 Å². The van der Waals surface area contributed by atoms with Crippen LogP contribution >= 0.6 is 0 Å². The minimum atomic E-state index is -0.892. The number of nitrogens with one attached hydrogen (secondary N) is 3. The first-order valence-corrected chi connectivity index (χ1v) is 8.73. The molecule has 2 amide bonds. The Bertz CT molecular complexity index is 650. The molecule has 2 heterocycles. The minimum absolute atomic E-state index is 0.0249. The molecule has 0 unspecified atom stereocenters. The minimum Gasteiger partial charge on any atom is -0.328 e. The van der Waals surface area contributed by atoms with E-state index in [1.54, 1.807) is 4.90 Å². The number of para-hydroxylation sites is 2. The summed E-state index contributed by atoms with van der Waals surface area (Å²) in [5, 5.41) is 2.92. The molecule has 1 saturated heterocycles. The number of carbonyl (C=O) groups is 2. The molecule has 1 aromatic rings. The highest BCUT2D eigenvalue weighted by Crippen LogP contribution is 2.36. The van der Waals surface area contributed by atoms with Gasteiger partial charge in [0.05, 0.1) is 18.4 Å². The smallest absolute Gasteiger partial charge is 0.285 e. The largest absolute Gasteiger partial charge is 0.328 e. The van der Waals surface area contributed by atoms with E-state index in [0.29, 0.717) is 5.69 Å². The predicted molar refractivity (Wildman–Crippen MR) is 93.4 cm³/mol. The molecule has 1 atom stereocenters. The van der Waals surface area contributed by atoms with Crippen molar-refractivity contribution in [2.45, 2.75) is 32.4 Å². The van der Waals surface area contributed by atoms with Crippen LogP contribution in [0.3, 0.4) is 0 Å². The summed E-state index contributed by atoms with van der Waals surface area (Å²) in [7, 11) is 2.19. The molecule has 2 aliphatic rings. The summed E-state index contributed by atoms with van der Waals surface area (Å²) in [6, 6.07) is 7.38. The SMILES string of the molecule is C[C@H](C(=O)N1c2ccccc2NC(=O)C1(C)C)[NH+]1CC[NH+](C)CC1. The van der Waals surface area contributed by atoms with Crippen molar-refractivity contribution in [3.05, 3.63) is 24.3 Å². The Morgan fingerprint density at radius 3 is 2.50 bits per heavy atom. The van der Waals surface area contributed by atoms with E-state index in [0.717, 1.165) is 31.9 Å². The molecule has 2 aliphatic heterocycles. The van der Waals surface area contributed by atoms with Gasteiger partial charge in [0.15, 0.2) is 6.04 Å². The van der Waals surface area contributed by atoms with Crippen molar-refractivity contribution in [2.75, 3.05) is 43.4 Å². The molecule has 1 aromatic carbocycles. The second kappa shape index (κ2) is 6.18.